The average Bonchev–Trinajstić information content (AvgIpc) is 3.19. The van der Waals surface area contributed by atoms with Gasteiger partial charge in [0.25, 0.3) is 0 Å². The first-order valence-corrected chi connectivity index (χ1v) is 10.2. The number of carboxylic acid groups (broad SMARTS) is 1. The molecule has 2 heterocycles. The SMILES string of the molecule is Cc1ccc(CC(Nc2ncc(-c3cccc(F)c3)nc2Cc2ccccc2)C(=O)O)o1. The number of nitrogens with one attached hydrogen (secondary N) is 1. The molecule has 4 aromatic rings. The highest BCUT2D eigenvalue weighted by Crippen LogP contribution is 2.23. The minimum Gasteiger partial charge on any atom is -0.480 e. The average molecular weight is 431 g/mol. The van der Waals surface area contributed by atoms with Crippen molar-refractivity contribution in [2.24, 2.45) is 0 Å². The number of carboxylic acids is 1. The summed E-state index contributed by atoms with van der Waals surface area (Å²) in [6.45, 7) is 1.81. The molecule has 162 valence electrons. The maximum Gasteiger partial charge on any atom is 0.326 e. The summed E-state index contributed by atoms with van der Waals surface area (Å²) in [6.07, 6.45) is 2.11. The van der Waals surface area contributed by atoms with Gasteiger partial charge >= 0.3 is 5.97 Å². The van der Waals surface area contributed by atoms with Gasteiger partial charge in [-0.1, -0.05) is 42.5 Å². The van der Waals surface area contributed by atoms with E-state index in [9.17, 15) is 14.3 Å². The monoisotopic (exact) mass is 431 g/mol. The van der Waals surface area contributed by atoms with Gasteiger partial charge in [0.05, 0.1) is 17.6 Å². The molecular formula is C25H22FN3O3. The van der Waals surface area contributed by atoms with Crippen molar-refractivity contribution in [3.8, 4) is 11.3 Å². The number of aliphatic carboxylic acids is 1. The van der Waals surface area contributed by atoms with Crippen molar-refractivity contribution in [2.75, 3.05) is 5.32 Å². The van der Waals surface area contributed by atoms with Crippen molar-refractivity contribution < 1.29 is 18.7 Å². The Kier molecular flexibility index (Phi) is 6.26. The number of carbonyl (C=O) groups is 1. The molecule has 2 N–H and O–H groups in total. The fourth-order valence-electron chi connectivity index (χ4n) is 3.41. The van der Waals surface area contributed by atoms with E-state index in [-0.39, 0.29) is 12.2 Å². The Hall–Kier alpha value is -4.00. The largest absolute Gasteiger partial charge is 0.480 e. The Balaban J connectivity index is 1.68. The number of anilines is 1. The van der Waals surface area contributed by atoms with Crippen LogP contribution in [0.2, 0.25) is 0 Å². The van der Waals surface area contributed by atoms with E-state index in [1.54, 1.807) is 31.2 Å². The van der Waals surface area contributed by atoms with Gasteiger partial charge in [0.2, 0.25) is 0 Å². The molecule has 0 fully saturated rings. The molecule has 0 aliphatic rings. The fourth-order valence-corrected chi connectivity index (χ4v) is 3.41. The van der Waals surface area contributed by atoms with Crippen LogP contribution in [0.4, 0.5) is 10.2 Å². The van der Waals surface area contributed by atoms with Crippen LogP contribution < -0.4 is 5.32 Å². The molecule has 1 unspecified atom stereocenters. The fraction of sp³-hybridized carbons (Fsp3) is 0.160. The van der Waals surface area contributed by atoms with Gasteiger partial charge in [0, 0.05) is 18.4 Å². The standard InChI is InChI=1S/C25H22FN3O3/c1-16-10-11-20(32-16)14-22(25(30)31)29-24-21(12-17-6-3-2-4-7-17)28-23(15-27-24)18-8-5-9-19(26)13-18/h2-11,13,15,22H,12,14H2,1H3,(H,27,29)(H,30,31). The van der Waals surface area contributed by atoms with E-state index in [2.05, 4.69) is 10.3 Å². The normalized spacial score (nSPS) is 11.8. The van der Waals surface area contributed by atoms with Crippen molar-refractivity contribution in [3.63, 3.8) is 0 Å². The maximum absolute atomic E-state index is 13.7. The van der Waals surface area contributed by atoms with Crippen molar-refractivity contribution >= 4 is 11.8 Å². The number of aryl methyl sites for hydroxylation is 1. The molecule has 2 aromatic carbocycles. The zero-order valence-corrected chi connectivity index (χ0v) is 17.5. The Morgan fingerprint density at radius 1 is 1.12 bits per heavy atom. The molecule has 1 atom stereocenters. The molecule has 0 saturated carbocycles. The van der Waals surface area contributed by atoms with Crippen LogP contribution >= 0.6 is 0 Å². The topological polar surface area (TPSA) is 88.2 Å². The summed E-state index contributed by atoms with van der Waals surface area (Å²) in [4.78, 5) is 21.1. The lowest BCUT2D eigenvalue weighted by Gasteiger charge is -2.17. The van der Waals surface area contributed by atoms with Gasteiger partial charge in [0.1, 0.15) is 29.2 Å². The summed E-state index contributed by atoms with van der Waals surface area (Å²) < 4.78 is 19.3. The van der Waals surface area contributed by atoms with Gasteiger partial charge in [-0.25, -0.2) is 19.2 Å². The first-order valence-electron chi connectivity index (χ1n) is 10.2. The van der Waals surface area contributed by atoms with E-state index in [0.717, 1.165) is 5.56 Å². The number of halogens is 1. The second kappa shape index (κ2) is 9.43. The molecule has 0 aliphatic heterocycles. The van der Waals surface area contributed by atoms with Gasteiger partial charge < -0.3 is 14.8 Å². The number of hydrogen-bond acceptors (Lipinski definition) is 5. The number of benzene rings is 2. The molecular weight excluding hydrogens is 409 g/mol. The molecule has 0 saturated heterocycles. The minimum atomic E-state index is -1.03. The van der Waals surface area contributed by atoms with Gasteiger partial charge in [-0.05, 0) is 36.8 Å². The highest BCUT2D eigenvalue weighted by Gasteiger charge is 2.22. The van der Waals surface area contributed by atoms with E-state index in [0.29, 0.717) is 40.7 Å². The molecule has 4 rings (SSSR count). The highest BCUT2D eigenvalue weighted by molar-refractivity contribution is 5.77. The lowest BCUT2D eigenvalue weighted by molar-refractivity contribution is -0.138. The Morgan fingerprint density at radius 2 is 1.94 bits per heavy atom. The predicted octanol–water partition coefficient (Wildman–Crippen LogP) is 4.88. The van der Waals surface area contributed by atoms with Crippen LogP contribution in [0.5, 0.6) is 0 Å². The summed E-state index contributed by atoms with van der Waals surface area (Å²) >= 11 is 0. The first-order chi connectivity index (χ1) is 15.5. The van der Waals surface area contributed by atoms with Crippen LogP contribution in [-0.4, -0.2) is 27.1 Å². The van der Waals surface area contributed by atoms with Crippen LogP contribution in [0.1, 0.15) is 22.8 Å². The zero-order chi connectivity index (χ0) is 22.5. The Bertz CT molecular complexity index is 1220. The lowest BCUT2D eigenvalue weighted by Crippen LogP contribution is -2.32. The van der Waals surface area contributed by atoms with E-state index in [1.165, 1.54) is 18.3 Å². The van der Waals surface area contributed by atoms with Gasteiger partial charge in [-0.3, -0.25) is 0 Å². The van der Waals surface area contributed by atoms with Crippen LogP contribution in [-0.2, 0) is 17.6 Å². The number of furan rings is 1. The van der Waals surface area contributed by atoms with Crippen LogP contribution in [0.25, 0.3) is 11.3 Å². The molecule has 0 amide bonds. The Labute approximate surface area is 184 Å². The summed E-state index contributed by atoms with van der Waals surface area (Å²) in [6, 6.07) is 18.4. The van der Waals surface area contributed by atoms with E-state index < -0.39 is 12.0 Å². The van der Waals surface area contributed by atoms with Crippen LogP contribution in [0.3, 0.4) is 0 Å². The molecule has 0 radical (unpaired) electrons. The quantitative estimate of drug-likeness (QED) is 0.413. The van der Waals surface area contributed by atoms with Crippen LogP contribution in [0, 0.1) is 12.7 Å². The summed E-state index contributed by atoms with van der Waals surface area (Å²) in [5.74, 6) is 0.255. The maximum atomic E-state index is 13.7. The van der Waals surface area contributed by atoms with Crippen molar-refractivity contribution in [1.29, 1.82) is 0 Å². The van der Waals surface area contributed by atoms with Gasteiger partial charge in [0.15, 0.2) is 0 Å². The summed E-state index contributed by atoms with van der Waals surface area (Å²) in [5.41, 5.74) is 2.67. The molecule has 6 nitrogen and oxygen atoms in total. The second-order valence-electron chi connectivity index (χ2n) is 7.47. The number of nitrogens with zero attached hydrogens (tertiary/aromatic N) is 2. The molecule has 0 spiro atoms. The molecule has 0 bridgehead atoms. The third-order valence-electron chi connectivity index (χ3n) is 4.99. The van der Waals surface area contributed by atoms with Crippen molar-refractivity contribution in [3.05, 3.63) is 102 Å². The van der Waals surface area contributed by atoms with Gasteiger partial charge in [-0.15, -0.1) is 0 Å². The third kappa shape index (κ3) is 5.18. The lowest BCUT2D eigenvalue weighted by atomic mass is 10.1. The number of rotatable bonds is 8. The third-order valence-corrected chi connectivity index (χ3v) is 4.99. The smallest absolute Gasteiger partial charge is 0.326 e. The summed E-state index contributed by atoms with van der Waals surface area (Å²) in [5, 5.41) is 12.8. The number of aromatic nitrogens is 2. The van der Waals surface area contributed by atoms with E-state index >= 15 is 0 Å². The number of hydrogen-bond donors (Lipinski definition) is 2. The molecule has 7 heteroatoms. The van der Waals surface area contributed by atoms with E-state index in [4.69, 9.17) is 9.40 Å². The molecule has 2 aromatic heterocycles. The van der Waals surface area contributed by atoms with Crippen molar-refractivity contribution in [2.45, 2.75) is 25.8 Å². The zero-order valence-electron chi connectivity index (χ0n) is 17.5. The minimum absolute atomic E-state index is 0.154. The van der Waals surface area contributed by atoms with Crippen LogP contribution in [0.15, 0.2) is 77.3 Å². The van der Waals surface area contributed by atoms with E-state index in [1.807, 2.05) is 30.3 Å². The van der Waals surface area contributed by atoms with Gasteiger partial charge in [-0.2, -0.15) is 0 Å². The second-order valence-corrected chi connectivity index (χ2v) is 7.47. The Morgan fingerprint density at radius 3 is 2.62 bits per heavy atom. The summed E-state index contributed by atoms with van der Waals surface area (Å²) in [7, 11) is 0. The highest BCUT2D eigenvalue weighted by atomic mass is 19.1. The van der Waals surface area contributed by atoms with Crippen molar-refractivity contribution in [1.82, 2.24) is 9.97 Å². The molecule has 32 heavy (non-hydrogen) atoms. The predicted molar refractivity (Wildman–Crippen MR) is 119 cm³/mol. The molecule has 0 aliphatic carbocycles. The first kappa shape index (κ1) is 21.2.